The Labute approximate surface area is 75.8 Å². The number of esters is 1. The summed E-state index contributed by atoms with van der Waals surface area (Å²) >= 11 is 0. The zero-order valence-electron chi connectivity index (χ0n) is 7.83. The van der Waals surface area contributed by atoms with E-state index in [1.54, 1.807) is 26.1 Å². The van der Waals surface area contributed by atoms with Crippen LogP contribution < -0.4 is 5.56 Å². The Morgan fingerprint density at radius 3 is 2.62 bits per heavy atom. The third-order valence-corrected chi connectivity index (χ3v) is 1.89. The standard InChI is InChI=1S/C9H11NO3/c1-6-4-5-7(9(12)13-3)10(2)8(6)11/h4-5H,1-3H3. The molecule has 0 radical (unpaired) electrons. The summed E-state index contributed by atoms with van der Waals surface area (Å²) < 4.78 is 5.79. The van der Waals surface area contributed by atoms with E-state index in [0.29, 0.717) is 5.56 Å². The second kappa shape index (κ2) is 3.43. The molecular weight excluding hydrogens is 170 g/mol. The molecule has 0 amide bonds. The maximum atomic E-state index is 11.4. The molecule has 0 saturated carbocycles. The van der Waals surface area contributed by atoms with Gasteiger partial charge in [0.15, 0.2) is 0 Å². The molecule has 1 heterocycles. The monoisotopic (exact) mass is 181 g/mol. The van der Waals surface area contributed by atoms with E-state index in [9.17, 15) is 9.59 Å². The molecule has 1 aromatic rings. The van der Waals surface area contributed by atoms with Crippen LogP contribution in [0.25, 0.3) is 0 Å². The minimum atomic E-state index is -0.500. The molecule has 70 valence electrons. The number of carbonyl (C=O) groups excluding carboxylic acids is 1. The summed E-state index contributed by atoms with van der Waals surface area (Å²) in [5.74, 6) is -0.500. The van der Waals surface area contributed by atoms with Gasteiger partial charge in [-0.3, -0.25) is 4.79 Å². The summed E-state index contributed by atoms with van der Waals surface area (Å²) in [5.41, 5.74) is 0.691. The molecule has 4 nitrogen and oxygen atoms in total. The van der Waals surface area contributed by atoms with Crippen LogP contribution in [0.2, 0.25) is 0 Å². The van der Waals surface area contributed by atoms with Gasteiger partial charge in [0.05, 0.1) is 7.11 Å². The highest BCUT2D eigenvalue weighted by Gasteiger charge is 2.10. The van der Waals surface area contributed by atoms with E-state index >= 15 is 0 Å². The molecular formula is C9H11NO3. The minimum absolute atomic E-state index is 0.178. The largest absolute Gasteiger partial charge is 0.464 e. The predicted octanol–water partition coefficient (Wildman–Crippen LogP) is 0.480. The van der Waals surface area contributed by atoms with Crippen LogP contribution in [0.4, 0.5) is 0 Å². The van der Waals surface area contributed by atoms with Gasteiger partial charge in [-0.1, -0.05) is 6.07 Å². The van der Waals surface area contributed by atoms with Crippen LogP contribution in [0.1, 0.15) is 16.1 Å². The highest BCUT2D eigenvalue weighted by Crippen LogP contribution is 1.98. The lowest BCUT2D eigenvalue weighted by atomic mass is 10.2. The predicted molar refractivity (Wildman–Crippen MR) is 47.8 cm³/mol. The first-order valence-electron chi connectivity index (χ1n) is 3.83. The Morgan fingerprint density at radius 2 is 2.08 bits per heavy atom. The van der Waals surface area contributed by atoms with E-state index in [0.717, 1.165) is 0 Å². The van der Waals surface area contributed by atoms with E-state index < -0.39 is 5.97 Å². The van der Waals surface area contributed by atoms with Crippen molar-refractivity contribution in [1.29, 1.82) is 0 Å². The number of rotatable bonds is 1. The normalized spacial score (nSPS) is 9.77. The molecule has 0 fully saturated rings. The summed E-state index contributed by atoms with van der Waals surface area (Å²) in [6, 6.07) is 3.18. The molecule has 1 aromatic heterocycles. The van der Waals surface area contributed by atoms with Gasteiger partial charge >= 0.3 is 5.97 Å². The van der Waals surface area contributed by atoms with E-state index in [1.807, 2.05) is 0 Å². The number of hydrogen-bond acceptors (Lipinski definition) is 3. The van der Waals surface area contributed by atoms with Crippen molar-refractivity contribution in [2.45, 2.75) is 6.92 Å². The van der Waals surface area contributed by atoms with Crippen LogP contribution in [0.3, 0.4) is 0 Å². The molecule has 0 N–H and O–H groups in total. The highest BCUT2D eigenvalue weighted by molar-refractivity contribution is 5.87. The maximum absolute atomic E-state index is 11.4. The topological polar surface area (TPSA) is 48.3 Å². The van der Waals surface area contributed by atoms with Gasteiger partial charge in [0, 0.05) is 12.6 Å². The molecule has 13 heavy (non-hydrogen) atoms. The van der Waals surface area contributed by atoms with Gasteiger partial charge in [0.25, 0.3) is 5.56 Å². The summed E-state index contributed by atoms with van der Waals surface area (Å²) in [4.78, 5) is 22.5. The molecule has 4 heteroatoms. The third-order valence-electron chi connectivity index (χ3n) is 1.89. The number of methoxy groups -OCH3 is 1. The molecule has 0 spiro atoms. The van der Waals surface area contributed by atoms with Crippen molar-refractivity contribution in [3.05, 3.63) is 33.7 Å². The van der Waals surface area contributed by atoms with Crippen molar-refractivity contribution in [3.63, 3.8) is 0 Å². The van der Waals surface area contributed by atoms with Crippen molar-refractivity contribution in [2.24, 2.45) is 7.05 Å². The minimum Gasteiger partial charge on any atom is -0.464 e. The number of hydrogen-bond donors (Lipinski definition) is 0. The van der Waals surface area contributed by atoms with Crippen LogP contribution in [0, 0.1) is 6.92 Å². The summed E-state index contributed by atoms with van der Waals surface area (Å²) in [6.07, 6.45) is 0. The quantitative estimate of drug-likeness (QED) is 0.592. The SMILES string of the molecule is COC(=O)c1ccc(C)c(=O)n1C. The molecule has 0 aliphatic rings. The first-order chi connectivity index (χ1) is 6.07. The number of aromatic nitrogens is 1. The summed E-state index contributed by atoms with van der Waals surface area (Å²) in [7, 11) is 2.83. The molecule has 0 unspecified atom stereocenters. The van der Waals surface area contributed by atoms with Crippen LogP contribution in [-0.2, 0) is 11.8 Å². The fourth-order valence-corrected chi connectivity index (χ4v) is 1.07. The van der Waals surface area contributed by atoms with Crippen molar-refractivity contribution < 1.29 is 9.53 Å². The van der Waals surface area contributed by atoms with Gasteiger partial charge in [-0.2, -0.15) is 0 Å². The van der Waals surface area contributed by atoms with Gasteiger partial charge in [-0.05, 0) is 13.0 Å². The fraction of sp³-hybridized carbons (Fsp3) is 0.333. The number of pyridine rings is 1. The van der Waals surface area contributed by atoms with Crippen molar-refractivity contribution in [3.8, 4) is 0 Å². The van der Waals surface area contributed by atoms with E-state index in [4.69, 9.17) is 0 Å². The molecule has 1 rings (SSSR count). The third kappa shape index (κ3) is 1.61. The molecule has 0 aromatic carbocycles. The lowest BCUT2D eigenvalue weighted by molar-refractivity contribution is 0.0588. The average molecular weight is 181 g/mol. The Kier molecular flexibility index (Phi) is 2.51. The molecule has 0 bridgehead atoms. The first-order valence-corrected chi connectivity index (χ1v) is 3.83. The molecule has 0 atom stereocenters. The van der Waals surface area contributed by atoms with Gasteiger partial charge in [-0.15, -0.1) is 0 Å². The van der Waals surface area contributed by atoms with Gasteiger partial charge < -0.3 is 9.30 Å². The van der Waals surface area contributed by atoms with Crippen molar-refractivity contribution >= 4 is 5.97 Å². The van der Waals surface area contributed by atoms with Crippen LogP contribution in [-0.4, -0.2) is 17.6 Å². The Morgan fingerprint density at radius 1 is 1.46 bits per heavy atom. The fourth-order valence-electron chi connectivity index (χ4n) is 1.07. The van der Waals surface area contributed by atoms with E-state index in [2.05, 4.69) is 4.74 Å². The lowest BCUT2D eigenvalue weighted by Gasteiger charge is -2.05. The van der Waals surface area contributed by atoms with Crippen molar-refractivity contribution in [1.82, 2.24) is 4.57 Å². The van der Waals surface area contributed by atoms with Gasteiger partial charge in [-0.25, -0.2) is 4.79 Å². The maximum Gasteiger partial charge on any atom is 0.354 e. The Hall–Kier alpha value is -1.58. The number of aryl methyl sites for hydroxylation is 1. The smallest absolute Gasteiger partial charge is 0.354 e. The number of nitrogens with zero attached hydrogens (tertiary/aromatic N) is 1. The second-order valence-electron chi connectivity index (χ2n) is 2.76. The van der Waals surface area contributed by atoms with E-state index in [1.165, 1.54) is 11.7 Å². The number of ether oxygens (including phenoxy) is 1. The van der Waals surface area contributed by atoms with Crippen LogP contribution in [0.15, 0.2) is 16.9 Å². The summed E-state index contributed by atoms with van der Waals surface area (Å²) in [5, 5.41) is 0. The van der Waals surface area contributed by atoms with Crippen LogP contribution >= 0.6 is 0 Å². The van der Waals surface area contributed by atoms with Gasteiger partial charge in [0.2, 0.25) is 0 Å². The molecule has 0 aliphatic heterocycles. The highest BCUT2D eigenvalue weighted by atomic mass is 16.5. The molecule has 0 aliphatic carbocycles. The zero-order valence-corrected chi connectivity index (χ0v) is 7.83. The zero-order chi connectivity index (χ0) is 10.0. The first kappa shape index (κ1) is 9.51. The molecule has 0 saturated heterocycles. The lowest BCUT2D eigenvalue weighted by Crippen LogP contribution is -2.25. The summed E-state index contributed by atoms with van der Waals surface area (Å²) in [6.45, 7) is 1.70. The Bertz CT molecular complexity index is 392. The van der Waals surface area contributed by atoms with Crippen LogP contribution in [0.5, 0.6) is 0 Å². The second-order valence-corrected chi connectivity index (χ2v) is 2.76. The number of carbonyl (C=O) groups is 1. The van der Waals surface area contributed by atoms with E-state index in [-0.39, 0.29) is 11.3 Å². The van der Waals surface area contributed by atoms with Gasteiger partial charge in [0.1, 0.15) is 5.69 Å². The average Bonchev–Trinajstić information content (AvgIpc) is 2.13. The Balaban J connectivity index is 3.35. The van der Waals surface area contributed by atoms with Crippen molar-refractivity contribution in [2.75, 3.05) is 7.11 Å².